The lowest BCUT2D eigenvalue weighted by atomic mass is 9.70. The second-order valence-electron chi connectivity index (χ2n) is 8.50. The molecule has 0 spiro atoms. The molecule has 1 aromatic carbocycles. The minimum Gasteiger partial charge on any atom is -0.445 e. The van der Waals surface area contributed by atoms with Crippen LogP contribution in [0.1, 0.15) is 43.4 Å². The van der Waals surface area contributed by atoms with Crippen molar-refractivity contribution in [3.05, 3.63) is 71.5 Å². The molecule has 2 amide bonds. The maximum Gasteiger partial charge on any atom is 0.410 e. The third-order valence-corrected chi connectivity index (χ3v) is 6.19. The summed E-state index contributed by atoms with van der Waals surface area (Å²) in [6, 6.07) is 11.8. The van der Waals surface area contributed by atoms with E-state index >= 15 is 0 Å². The number of benzene rings is 1. The number of amides is 2. The zero-order valence-electron chi connectivity index (χ0n) is 18.4. The molecule has 1 aliphatic heterocycles. The third kappa shape index (κ3) is 5.28. The predicted molar refractivity (Wildman–Crippen MR) is 121 cm³/mol. The van der Waals surface area contributed by atoms with Crippen LogP contribution < -0.4 is 5.32 Å². The number of ether oxygens (including phenoxy) is 1. The van der Waals surface area contributed by atoms with E-state index in [0.29, 0.717) is 50.5 Å². The summed E-state index contributed by atoms with van der Waals surface area (Å²) in [5, 5.41) is 6.63. The minimum atomic E-state index is -0.355. The normalized spacial score (nSPS) is 17.5. The number of carbonyl (C=O) groups is 2. The van der Waals surface area contributed by atoms with Crippen LogP contribution in [0.5, 0.6) is 0 Å². The number of aromatic nitrogens is 1. The van der Waals surface area contributed by atoms with E-state index in [1.807, 2.05) is 24.3 Å². The van der Waals surface area contributed by atoms with Crippen molar-refractivity contribution in [2.45, 2.75) is 44.4 Å². The number of rotatable bonds is 6. The molecular weight excluding hydrogens is 406 g/mol. The quantitative estimate of drug-likeness (QED) is 0.707. The maximum absolute atomic E-state index is 12.8. The first-order valence-electron chi connectivity index (χ1n) is 11.1. The first kappa shape index (κ1) is 21.9. The first-order valence-corrected chi connectivity index (χ1v) is 11.1. The van der Waals surface area contributed by atoms with E-state index in [1.54, 1.807) is 17.9 Å². The highest BCUT2D eigenvalue weighted by atomic mass is 16.6. The van der Waals surface area contributed by atoms with Crippen LogP contribution in [0.2, 0.25) is 0 Å². The van der Waals surface area contributed by atoms with E-state index in [9.17, 15) is 9.59 Å². The number of hydrogen-bond donors (Lipinski definition) is 1. The molecule has 1 aliphatic carbocycles. The Labute approximate surface area is 188 Å². The molecule has 0 unspecified atom stereocenters. The molecule has 1 fully saturated rings. The van der Waals surface area contributed by atoms with Crippen molar-refractivity contribution in [3.63, 3.8) is 0 Å². The van der Waals surface area contributed by atoms with Gasteiger partial charge in [0.1, 0.15) is 6.61 Å². The number of hydrogen-bond acceptors (Lipinski definition) is 5. The van der Waals surface area contributed by atoms with Gasteiger partial charge < -0.3 is 14.2 Å². The Hall–Kier alpha value is -3.35. The highest BCUT2D eigenvalue weighted by Gasteiger charge is 2.39. The zero-order chi connectivity index (χ0) is 22.4. The number of anilines is 1. The molecule has 1 saturated heterocycles. The van der Waals surface area contributed by atoms with Gasteiger partial charge in [-0.25, -0.2) is 4.79 Å². The topological polar surface area (TPSA) is 84.7 Å². The molecule has 0 bridgehead atoms. The molecule has 0 radical (unpaired) electrons. The molecule has 2 aromatic rings. The van der Waals surface area contributed by atoms with E-state index in [1.165, 1.54) is 0 Å². The molecule has 1 N–H and O–H groups in total. The van der Waals surface area contributed by atoms with Crippen LogP contribution in [0.4, 0.5) is 10.7 Å². The summed E-state index contributed by atoms with van der Waals surface area (Å²) in [6.07, 6.45) is 9.61. The van der Waals surface area contributed by atoms with E-state index < -0.39 is 0 Å². The molecular formula is C25H29N3O4. The zero-order valence-corrected chi connectivity index (χ0v) is 18.4. The van der Waals surface area contributed by atoms with Crippen molar-refractivity contribution in [3.8, 4) is 0 Å². The number of nitrogens with one attached hydrogen (secondary N) is 1. The van der Waals surface area contributed by atoms with Crippen LogP contribution in [0.15, 0.2) is 64.7 Å². The van der Waals surface area contributed by atoms with Crippen molar-refractivity contribution in [2.75, 3.05) is 25.0 Å². The van der Waals surface area contributed by atoms with E-state index in [2.05, 4.69) is 34.8 Å². The second-order valence-corrected chi connectivity index (χ2v) is 8.50. The largest absolute Gasteiger partial charge is 0.445 e. The Balaban J connectivity index is 1.40. The summed E-state index contributed by atoms with van der Waals surface area (Å²) in [4.78, 5) is 27.2. The van der Waals surface area contributed by atoms with Crippen LogP contribution in [0.25, 0.3) is 0 Å². The highest BCUT2D eigenvalue weighted by Crippen LogP contribution is 2.39. The molecule has 0 atom stereocenters. The molecule has 4 rings (SSSR count). The second kappa shape index (κ2) is 9.85. The standard InChI is InChI=1S/C25H29N3O4/c1-19-16-23(32-27-19)26-22(29)17-25(21-10-6-3-7-11-21)12-14-28(15-13-25)24(30)31-18-20-8-4-2-5-9-20/h3-4,6-11,16H,2,5,12-15,17-18H2,1H3,(H,26,29). The highest BCUT2D eigenvalue weighted by molar-refractivity contribution is 5.90. The molecule has 2 heterocycles. The number of carbonyl (C=O) groups excluding carboxylic acids is 2. The lowest BCUT2D eigenvalue weighted by molar-refractivity contribution is -0.118. The van der Waals surface area contributed by atoms with Crippen LogP contribution >= 0.6 is 0 Å². The summed E-state index contributed by atoms with van der Waals surface area (Å²) in [5.74, 6) is 0.222. The lowest BCUT2D eigenvalue weighted by Gasteiger charge is -2.41. The Kier molecular flexibility index (Phi) is 6.73. The fourth-order valence-corrected chi connectivity index (χ4v) is 4.40. The van der Waals surface area contributed by atoms with Gasteiger partial charge in [-0.15, -0.1) is 0 Å². The van der Waals surface area contributed by atoms with E-state index in [4.69, 9.17) is 9.26 Å². The summed E-state index contributed by atoms with van der Waals surface area (Å²) >= 11 is 0. The van der Waals surface area contributed by atoms with Gasteiger partial charge in [0.2, 0.25) is 11.8 Å². The number of nitrogens with zero attached hydrogens (tertiary/aromatic N) is 2. The first-order chi connectivity index (χ1) is 15.5. The van der Waals surface area contributed by atoms with Crippen molar-refractivity contribution >= 4 is 17.9 Å². The van der Waals surface area contributed by atoms with Crippen LogP contribution in [0.3, 0.4) is 0 Å². The van der Waals surface area contributed by atoms with Crippen LogP contribution in [0, 0.1) is 6.92 Å². The lowest BCUT2D eigenvalue weighted by Crippen LogP contribution is -2.46. The van der Waals surface area contributed by atoms with Gasteiger partial charge in [-0.05, 0) is 43.7 Å². The van der Waals surface area contributed by atoms with Gasteiger partial charge >= 0.3 is 6.09 Å². The van der Waals surface area contributed by atoms with Crippen molar-refractivity contribution in [1.82, 2.24) is 10.1 Å². The van der Waals surface area contributed by atoms with E-state index in [0.717, 1.165) is 24.0 Å². The van der Waals surface area contributed by atoms with Gasteiger partial charge in [-0.3, -0.25) is 10.1 Å². The summed E-state index contributed by atoms with van der Waals surface area (Å²) in [5.41, 5.74) is 2.50. The summed E-state index contributed by atoms with van der Waals surface area (Å²) < 4.78 is 10.7. The molecule has 32 heavy (non-hydrogen) atoms. The third-order valence-electron chi connectivity index (χ3n) is 6.19. The van der Waals surface area contributed by atoms with Gasteiger partial charge in [0.05, 0.1) is 5.69 Å². The van der Waals surface area contributed by atoms with Crippen LogP contribution in [-0.4, -0.2) is 41.8 Å². The molecule has 0 saturated carbocycles. The molecule has 7 nitrogen and oxygen atoms in total. The Morgan fingerprint density at radius 3 is 2.62 bits per heavy atom. The number of aryl methyl sites for hydroxylation is 1. The SMILES string of the molecule is Cc1cc(NC(=O)CC2(c3ccccc3)CCN(C(=O)OCC3=CCCC=C3)CC2)on1. The van der Waals surface area contributed by atoms with Gasteiger partial charge in [-0.1, -0.05) is 53.7 Å². The fourth-order valence-electron chi connectivity index (χ4n) is 4.40. The Morgan fingerprint density at radius 2 is 1.97 bits per heavy atom. The Morgan fingerprint density at radius 1 is 1.19 bits per heavy atom. The minimum absolute atomic E-state index is 0.128. The van der Waals surface area contributed by atoms with Gasteiger partial charge in [0, 0.05) is 31.0 Å². The average Bonchev–Trinajstić information content (AvgIpc) is 3.23. The molecule has 168 valence electrons. The summed E-state index contributed by atoms with van der Waals surface area (Å²) in [7, 11) is 0. The van der Waals surface area contributed by atoms with Crippen molar-refractivity contribution in [1.29, 1.82) is 0 Å². The fraction of sp³-hybridized carbons (Fsp3) is 0.400. The number of likely N-dealkylation sites (tertiary alicyclic amines) is 1. The molecule has 7 heteroatoms. The van der Waals surface area contributed by atoms with Gasteiger partial charge in [0.15, 0.2) is 0 Å². The predicted octanol–water partition coefficient (Wildman–Crippen LogP) is 4.76. The monoisotopic (exact) mass is 435 g/mol. The average molecular weight is 436 g/mol. The summed E-state index contributed by atoms with van der Waals surface area (Å²) in [6.45, 7) is 3.18. The Bertz CT molecular complexity index is 1000. The van der Waals surface area contributed by atoms with Gasteiger partial charge in [0.25, 0.3) is 0 Å². The molecule has 1 aromatic heterocycles. The number of allylic oxidation sites excluding steroid dienone is 2. The maximum atomic E-state index is 12.8. The number of piperidine rings is 1. The van der Waals surface area contributed by atoms with E-state index in [-0.39, 0.29) is 17.4 Å². The van der Waals surface area contributed by atoms with Crippen molar-refractivity contribution < 1.29 is 18.8 Å². The smallest absolute Gasteiger partial charge is 0.410 e. The molecule has 2 aliphatic rings. The van der Waals surface area contributed by atoms with Gasteiger partial charge in [-0.2, -0.15) is 0 Å². The van der Waals surface area contributed by atoms with Crippen LogP contribution in [-0.2, 0) is 14.9 Å². The van der Waals surface area contributed by atoms with Crippen molar-refractivity contribution in [2.24, 2.45) is 0 Å².